The predicted molar refractivity (Wildman–Crippen MR) is 225 cm³/mol. The Hall–Kier alpha value is -5.04. The molecule has 0 aliphatic heterocycles. The van der Waals surface area contributed by atoms with E-state index in [0.717, 1.165) is 46.6 Å². The highest BCUT2D eigenvalue weighted by Gasteiger charge is 2.52. The molecule has 0 N–H and O–H groups in total. The van der Waals surface area contributed by atoms with E-state index in [1.54, 1.807) is 34.8 Å². The van der Waals surface area contributed by atoms with Crippen LogP contribution in [0.15, 0.2) is 96.1 Å². The van der Waals surface area contributed by atoms with E-state index in [4.69, 9.17) is 0 Å². The zero-order valence-electron chi connectivity index (χ0n) is 30.9. The first-order chi connectivity index (χ1) is 27.3. The zero-order valence-corrected chi connectivity index (χ0v) is 32.5. The normalized spacial score (nSPS) is 26.1. The fraction of sp³-hybridized carbons (Fsp3) is 0.280. The van der Waals surface area contributed by atoms with Gasteiger partial charge in [-0.2, -0.15) is 0 Å². The number of carbonyl (C=O) groups excluding carboxylic acids is 4. The van der Waals surface area contributed by atoms with Crippen LogP contribution < -0.4 is 0 Å². The largest absolute Gasteiger partial charge is 0.285 e. The quantitative estimate of drug-likeness (QED) is 0.150. The lowest BCUT2D eigenvalue weighted by Crippen LogP contribution is -2.31. The minimum Gasteiger partial charge on any atom is -0.285 e. The third-order valence-electron chi connectivity index (χ3n) is 14.3. The Morgan fingerprint density at radius 3 is 1.29 bits per heavy atom. The number of hydrogen-bond acceptors (Lipinski definition) is 6. The van der Waals surface area contributed by atoms with Crippen molar-refractivity contribution in [3.05, 3.63) is 149 Å². The molecule has 2 unspecified atom stereocenters. The molecular weight excluding hydrogens is 729 g/mol. The molecule has 56 heavy (non-hydrogen) atoms. The smallest absolute Gasteiger partial charge is 0.234 e. The van der Waals surface area contributed by atoms with E-state index in [0.29, 0.717) is 22.3 Å². The number of rotatable bonds is 2. The summed E-state index contributed by atoms with van der Waals surface area (Å²) < 4.78 is 0. The van der Waals surface area contributed by atoms with Crippen LogP contribution in [0.1, 0.15) is 127 Å². The molecule has 8 aliphatic carbocycles. The molecule has 0 saturated heterocycles. The number of Topliss-reactive ketones (excluding diaryl/α,β-unsaturated/α-hetero) is 4. The summed E-state index contributed by atoms with van der Waals surface area (Å²) in [6.45, 7) is 0. The van der Waals surface area contributed by atoms with Crippen LogP contribution in [0.2, 0.25) is 0 Å². The molecule has 2 fully saturated rings. The molecule has 0 bridgehead atoms. The second-order valence-electron chi connectivity index (χ2n) is 17.1. The first kappa shape index (κ1) is 33.1. The third kappa shape index (κ3) is 4.35. The van der Waals surface area contributed by atoms with Gasteiger partial charge in [-0.15, -0.1) is 22.7 Å². The van der Waals surface area contributed by atoms with Crippen molar-refractivity contribution in [3.8, 4) is 0 Å². The summed E-state index contributed by atoms with van der Waals surface area (Å²) in [7, 11) is 0. The number of ketones is 4. The van der Waals surface area contributed by atoms with Crippen molar-refractivity contribution < 1.29 is 19.2 Å². The van der Waals surface area contributed by atoms with Gasteiger partial charge < -0.3 is 0 Å². The standard InChI is InChI=1S/C50H38O4S2/c51-43-33-13-5-3-11-31(33)35(45(43)53)23-29-25-41-47(55-29)37-19-28-22-40-38(20-27(28)21-39(37)49(41)15-7-1-8-16-49)48-42(50(40)17-9-2-10-18-50)26-30(56-48)24-36-32-12-4-6-14-34(32)44(52)46(36)54/h3-6,11-14,19-28H,1-2,7-10,15-18H2. The monoisotopic (exact) mass is 766 g/mol. The van der Waals surface area contributed by atoms with E-state index in [1.165, 1.54) is 81.7 Å². The van der Waals surface area contributed by atoms with Gasteiger partial charge in [0.1, 0.15) is 0 Å². The van der Waals surface area contributed by atoms with E-state index in [-0.39, 0.29) is 22.7 Å². The highest BCUT2D eigenvalue weighted by molar-refractivity contribution is 7.15. The zero-order chi connectivity index (χ0) is 37.5. The third-order valence-corrected chi connectivity index (χ3v) is 16.6. The van der Waals surface area contributed by atoms with Gasteiger partial charge in [0.15, 0.2) is 0 Å². The molecule has 2 heterocycles. The van der Waals surface area contributed by atoms with Crippen LogP contribution in [0.5, 0.6) is 0 Å². The maximum absolute atomic E-state index is 13.2. The molecule has 2 spiro atoms. The summed E-state index contributed by atoms with van der Waals surface area (Å²) in [4.78, 5) is 56.9. The van der Waals surface area contributed by atoms with Crippen molar-refractivity contribution in [1.29, 1.82) is 0 Å². The van der Waals surface area contributed by atoms with Crippen molar-refractivity contribution in [1.82, 2.24) is 0 Å². The van der Waals surface area contributed by atoms with Gasteiger partial charge >= 0.3 is 0 Å². The van der Waals surface area contributed by atoms with Crippen molar-refractivity contribution in [2.45, 2.75) is 75.0 Å². The minimum atomic E-state index is -0.403. The molecule has 12 rings (SSSR count). The van der Waals surface area contributed by atoms with Crippen LogP contribution in [0.3, 0.4) is 0 Å². The second kappa shape index (κ2) is 11.7. The van der Waals surface area contributed by atoms with Crippen molar-refractivity contribution >= 4 is 80.3 Å². The van der Waals surface area contributed by atoms with Crippen molar-refractivity contribution in [3.63, 3.8) is 0 Å². The first-order valence-electron chi connectivity index (χ1n) is 20.3. The Morgan fingerprint density at radius 2 is 0.875 bits per heavy atom. The van der Waals surface area contributed by atoms with Gasteiger partial charge in [-0.3, -0.25) is 19.2 Å². The van der Waals surface area contributed by atoms with Gasteiger partial charge in [-0.05, 0) is 94.5 Å². The molecule has 274 valence electrons. The van der Waals surface area contributed by atoms with Gasteiger partial charge in [0.25, 0.3) is 0 Å². The summed E-state index contributed by atoms with van der Waals surface area (Å²) in [5, 5.41) is 0. The van der Waals surface area contributed by atoms with Crippen LogP contribution in [-0.2, 0) is 20.4 Å². The molecule has 0 amide bonds. The van der Waals surface area contributed by atoms with Crippen LogP contribution in [0.25, 0.3) is 34.4 Å². The van der Waals surface area contributed by atoms with Crippen LogP contribution in [0.4, 0.5) is 0 Å². The predicted octanol–water partition coefficient (Wildman–Crippen LogP) is 11.4. The van der Waals surface area contributed by atoms with E-state index in [9.17, 15) is 19.2 Å². The van der Waals surface area contributed by atoms with E-state index in [2.05, 4.69) is 36.4 Å². The molecule has 2 atom stereocenters. The Bertz CT molecular complexity index is 2550. The molecule has 8 aliphatic rings. The average molecular weight is 767 g/mol. The van der Waals surface area contributed by atoms with Gasteiger partial charge in [-0.25, -0.2) is 0 Å². The minimum absolute atomic E-state index is 0.0250. The number of hydrogen-bond donors (Lipinski definition) is 0. The Morgan fingerprint density at radius 1 is 0.482 bits per heavy atom. The molecule has 4 aromatic rings. The summed E-state index contributed by atoms with van der Waals surface area (Å²) in [6, 6.07) is 19.5. The summed E-state index contributed by atoms with van der Waals surface area (Å²) in [6.07, 6.45) is 26.2. The molecule has 0 radical (unpaired) electrons. The van der Waals surface area contributed by atoms with E-state index >= 15 is 0 Å². The van der Waals surface area contributed by atoms with Crippen LogP contribution in [-0.4, -0.2) is 23.1 Å². The maximum Gasteiger partial charge on any atom is 0.234 e. The summed E-state index contributed by atoms with van der Waals surface area (Å²) >= 11 is 3.58. The van der Waals surface area contributed by atoms with Gasteiger partial charge in [0.2, 0.25) is 23.1 Å². The fourth-order valence-electron chi connectivity index (χ4n) is 11.8. The SMILES string of the molecule is O=C1C(=O)c2ccccc2C1=Cc1cc2c(s1)C1=CC3C=C4C(=CC3C=C1C21CCCCC1)c1sc(C=C2C(=O)C(=O)c3ccccc32)cc1C41CCCCC1. The Labute approximate surface area is 333 Å². The molecule has 6 heteroatoms. The molecule has 4 nitrogen and oxygen atoms in total. The molecular formula is C50H38O4S2. The van der Waals surface area contributed by atoms with Gasteiger partial charge in [-0.1, -0.05) is 111 Å². The summed E-state index contributed by atoms with van der Waals surface area (Å²) in [5.41, 5.74) is 12.1. The molecule has 2 saturated carbocycles. The maximum atomic E-state index is 13.2. The number of fused-ring (bicyclic) bond motifs is 13. The van der Waals surface area contributed by atoms with Gasteiger partial charge in [0.05, 0.1) is 0 Å². The Kier molecular flexibility index (Phi) is 6.95. The fourth-order valence-corrected chi connectivity index (χ4v) is 14.3. The van der Waals surface area contributed by atoms with Gasteiger partial charge in [0, 0.05) is 64.4 Å². The average Bonchev–Trinajstić information content (AvgIpc) is 4.05. The number of carbonyl (C=O) groups is 4. The number of thiophene rings is 2. The second-order valence-corrected chi connectivity index (χ2v) is 19.2. The lowest BCUT2D eigenvalue weighted by molar-refractivity contribution is -0.110. The Balaban J connectivity index is 0.963. The van der Waals surface area contributed by atoms with Crippen LogP contribution >= 0.6 is 22.7 Å². The highest BCUT2D eigenvalue weighted by Crippen LogP contribution is 2.65. The highest BCUT2D eigenvalue weighted by atomic mass is 32.1. The van der Waals surface area contributed by atoms with E-state index < -0.39 is 23.1 Å². The first-order valence-corrected chi connectivity index (χ1v) is 22.0. The topological polar surface area (TPSA) is 68.3 Å². The lowest BCUT2D eigenvalue weighted by Gasteiger charge is -2.40. The lowest BCUT2D eigenvalue weighted by atomic mass is 9.63. The number of allylic oxidation sites excluding steroid dienone is 10. The van der Waals surface area contributed by atoms with Crippen molar-refractivity contribution in [2.24, 2.45) is 11.8 Å². The van der Waals surface area contributed by atoms with E-state index in [1.807, 2.05) is 48.6 Å². The summed E-state index contributed by atoms with van der Waals surface area (Å²) in [5.74, 6) is -1.09. The van der Waals surface area contributed by atoms with Crippen LogP contribution in [0, 0.1) is 11.8 Å². The number of benzene rings is 2. The molecule has 2 aromatic heterocycles. The molecule has 2 aromatic carbocycles. The van der Waals surface area contributed by atoms with Crippen molar-refractivity contribution in [2.75, 3.05) is 0 Å².